The van der Waals surface area contributed by atoms with Crippen molar-refractivity contribution in [3.05, 3.63) is 40.4 Å². The first kappa shape index (κ1) is 13.9. The van der Waals surface area contributed by atoms with Crippen LogP contribution in [0.1, 0.15) is 17.3 Å². The lowest BCUT2D eigenvalue weighted by Gasteiger charge is -2.10. The number of hydrogen-bond acceptors (Lipinski definition) is 3. The lowest BCUT2D eigenvalue weighted by atomic mass is 10.1. The van der Waals surface area contributed by atoms with E-state index in [1.54, 1.807) is 19.2 Å². The minimum atomic E-state index is 0.0279. The first-order chi connectivity index (χ1) is 8.06. The zero-order valence-corrected chi connectivity index (χ0v) is 11.6. The summed E-state index contributed by atoms with van der Waals surface area (Å²) >= 11 is 3.40. The molecule has 92 valence electrons. The molecule has 0 aliphatic heterocycles. The molecule has 0 aliphatic carbocycles. The fraction of sp³-hybridized carbons (Fsp3) is 0.308. The number of rotatable bonds is 6. The molecule has 1 N–H and O–H groups in total. The minimum absolute atomic E-state index is 0.0279. The van der Waals surface area contributed by atoms with Gasteiger partial charge in [-0.2, -0.15) is 0 Å². The van der Waals surface area contributed by atoms with Crippen LogP contribution in [0.3, 0.4) is 0 Å². The van der Waals surface area contributed by atoms with Crippen LogP contribution in [0.5, 0.6) is 5.75 Å². The normalized spacial score (nSPS) is 10.1. The third kappa shape index (κ3) is 3.98. The molecule has 0 saturated heterocycles. The molecule has 0 saturated carbocycles. The highest BCUT2D eigenvalue weighted by atomic mass is 79.9. The summed E-state index contributed by atoms with van der Waals surface area (Å²) in [7, 11) is 1.74. The summed E-state index contributed by atoms with van der Waals surface area (Å²) in [5.74, 6) is 0.690. The number of halogens is 1. The van der Waals surface area contributed by atoms with Crippen LogP contribution in [0.4, 0.5) is 0 Å². The van der Waals surface area contributed by atoms with Gasteiger partial charge in [0.15, 0.2) is 5.78 Å². The van der Waals surface area contributed by atoms with Crippen molar-refractivity contribution in [2.24, 2.45) is 0 Å². The Morgan fingerprint density at radius 1 is 1.53 bits per heavy atom. The largest absolute Gasteiger partial charge is 0.488 e. The second-order valence-corrected chi connectivity index (χ2v) is 4.61. The third-order valence-electron chi connectivity index (χ3n) is 2.08. The molecule has 3 nitrogen and oxygen atoms in total. The van der Waals surface area contributed by atoms with Crippen LogP contribution in [-0.4, -0.2) is 26.0 Å². The number of benzene rings is 1. The van der Waals surface area contributed by atoms with Crippen molar-refractivity contribution in [1.82, 2.24) is 5.32 Å². The highest BCUT2D eigenvalue weighted by Crippen LogP contribution is 2.29. The van der Waals surface area contributed by atoms with Gasteiger partial charge in [0.25, 0.3) is 0 Å². The Bertz CT molecular complexity index is 429. The molecular weight excluding hydrogens is 282 g/mol. The van der Waals surface area contributed by atoms with Gasteiger partial charge in [0.2, 0.25) is 0 Å². The van der Waals surface area contributed by atoms with E-state index < -0.39 is 0 Å². The molecule has 1 rings (SSSR count). The Kier molecular flexibility index (Phi) is 5.38. The molecule has 0 bridgehead atoms. The zero-order valence-electron chi connectivity index (χ0n) is 10.0. The van der Waals surface area contributed by atoms with E-state index in [1.165, 1.54) is 0 Å². The molecule has 0 heterocycles. The Balaban J connectivity index is 2.90. The van der Waals surface area contributed by atoms with Crippen LogP contribution in [0.25, 0.3) is 0 Å². The highest BCUT2D eigenvalue weighted by Gasteiger charge is 2.12. The van der Waals surface area contributed by atoms with Crippen molar-refractivity contribution in [1.29, 1.82) is 0 Å². The topological polar surface area (TPSA) is 38.3 Å². The van der Waals surface area contributed by atoms with Crippen LogP contribution in [0, 0.1) is 0 Å². The number of Topliss-reactive ketones (excluding diaryl/α,β-unsaturated/α-hetero) is 1. The molecule has 0 unspecified atom stereocenters. The summed E-state index contributed by atoms with van der Waals surface area (Å²) in [4.78, 5) is 11.8. The summed E-state index contributed by atoms with van der Waals surface area (Å²) < 4.78 is 6.24. The Labute approximate surface area is 110 Å². The number of nitrogens with one attached hydrogen (secondary N) is 1. The van der Waals surface area contributed by atoms with Gasteiger partial charge in [-0.1, -0.05) is 12.6 Å². The first-order valence-electron chi connectivity index (χ1n) is 5.29. The molecule has 0 aromatic heterocycles. The van der Waals surface area contributed by atoms with E-state index in [-0.39, 0.29) is 5.78 Å². The highest BCUT2D eigenvalue weighted by molar-refractivity contribution is 9.10. The Morgan fingerprint density at radius 3 is 2.82 bits per heavy atom. The Hall–Kier alpha value is -1.13. The molecule has 1 aromatic carbocycles. The number of hydrogen-bond donors (Lipinski definition) is 1. The van der Waals surface area contributed by atoms with Gasteiger partial charge in [-0.3, -0.25) is 4.79 Å². The second kappa shape index (κ2) is 6.57. The number of likely N-dealkylation sites (N-methyl/N-ethyl adjacent to an activating group) is 1. The molecule has 0 radical (unpaired) electrons. The van der Waals surface area contributed by atoms with E-state index in [2.05, 4.69) is 27.8 Å². The van der Waals surface area contributed by atoms with Crippen LogP contribution in [0.2, 0.25) is 0 Å². The van der Waals surface area contributed by atoms with Crippen molar-refractivity contribution in [2.75, 3.05) is 20.2 Å². The van der Waals surface area contributed by atoms with Gasteiger partial charge in [0, 0.05) is 5.56 Å². The van der Waals surface area contributed by atoms with Gasteiger partial charge >= 0.3 is 0 Å². The van der Waals surface area contributed by atoms with Gasteiger partial charge in [0.05, 0.1) is 11.0 Å². The molecule has 4 heteroatoms. The molecular formula is C13H16BrNO2. The summed E-state index contributed by atoms with van der Waals surface area (Å²) in [5.41, 5.74) is 1.56. The van der Waals surface area contributed by atoms with Crippen LogP contribution in [0.15, 0.2) is 34.8 Å². The maximum Gasteiger partial charge on any atom is 0.177 e. The lowest BCUT2D eigenvalue weighted by molar-refractivity contribution is 0.0992. The van der Waals surface area contributed by atoms with Crippen LogP contribution in [-0.2, 0) is 0 Å². The fourth-order valence-electron chi connectivity index (χ4n) is 1.29. The molecule has 0 amide bonds. The maximum atomic E-state index is 11.8. The number of ketones is 1. The number of carbonyl (C=O) groups excluding carboxylic acids is 1. The quantitative estimate of drug-likeness (QED) is 0.648. The zero-order chi connectivity index (χ0) is 12.8. The molecule has 1 aromatic rings. The molecule has 17 heavy (non-hydrogen) atoms. The first-order valence-corrected chi connectivity index (χ1v) is 6.09. The average Bonchev–Trinajstić information content (AvgIpc) is 2.27. The van der Waals surface area contributed by atoms with E-state index >= 15 is 0 Å². The number of carbonyl (C=O) groups is 1. The van der Waals surface area contributed by atoms with Gasteiger partial charge in [-0.15, -0.1) is 0 Å². The van der Waals surface area contributed by atoms with Gasteiger partial charge < -0.3 is 10.1 Å². The summed E-state index contributed by atoms with van der Waals surface area (Å²) in [5, 5.41) is 2.84. The monoisotopic (exact) mass is 297 g/mol. The average molecular weight is 298 g/mol. The maximum absolute atomic E-state index is 11.8. The van der Waals surface area contributed by atoms with Crippen molar-refractivity contribution < 1.29 is 9.53 Å². The predicted molar refractivity (Wildman–Crippen MR) is 72.7 cm³/mol. The van der Waals surface area contributed by atoms with Crippen LogP contribution >= 0.6 is 15.9 Å². The molecule has 0 spiro atoms. The van der Waals surface area contributed by atoms with E-state index in [0.717, 1.165) is 5.57 Å². The standard InChI is InChI=1S/C13H16BrNO2/c1-9(2)8-17-12-6-4-5-10(13(12)14)11(16)7-15-3/h4-6,15H,1,7-8H2,2-3H3. The van der Waals surface area contributed by atoms with Gasteiger partial charge in [0.1, 0.15) is 12.4 Å². The summed E-state index contributed by atoms with van der Waals surface area (Å²) in [6.45, 7) is 6.42. The third-order valence-corrected chi connectivity index (χ3v) is 2.89. The number of ether oxygens (including phenoxy) is 1. The molecule has 0 aliphatic rings. The van der Waals surface area contributed by atoms with E-state index in [0.29, 0.717) is 28.9 Å². The smallest absolute Gasteiger partial charge is 0.177 e. The van der Waals surface area contributed by atoms with Crippen molar-refractivity contribution in [2.45, 2.75) is 6.92 Å². The predicted octanol–water partition coefficient (Wildman–Crippen LogP) is 2.81. The fourth-order valence-corrected chi connectivity index (χ4v) is 1.89. The van der Waals surface area contributed by atoms with E-state index in [9.17, 15) is 4.79 Å². The van der Waals surface area contributed by atoms with Gasteiger partial charge in [-0.25, -0.2) is 0 Å². The molecule has 0 fully saturated rings. The Morgan fingerprint density at radius 2 is 2.24 bits per heavy atom. The second-order valence-electron chi connectivity index (χ2n) is 3.82. The lowest BCUT2D eigenvalue weighted by Crippen LogP contribution is -2.19. The van der Waals surface area contributed by atoms with Crippen molar-refractivity contribution in [3.63, 3.8) is 0 Å². The van der Waals surface area contributed by atoms with Crippen LogP contribution < -0.4 is 10.1 Å². The SMILES string of the molecule is C=C(C)COc1cccc(C(=O)CNC)c1Br. The summed E-state index contributed by atoms with van der Waals surface area (Å²) in [6.07, 6.45) is 0. The van der Waals surface area contributed by atoms with Crippen molar-refractivity contribution >= 4 is 21.7 Å². The minimum Gasteiger partial charge on any atom is -0.488 e. The van der Waals surface area contributed by atoms with Gasteiger partial charge in [-0.05, 0) is 47.6 Å². The van der Waals surface area contributed by atoms with E-state index in [1.807, 2.05) is 13.0 Å². The van der Waals surface area contributed by atoms with E-state index in [4.69, 9.17) is 4.74 Å². The van der Waals surface area contributed by atoms with Crippen molar-refractivity contribution in [3.8, 4) is 5.75 Å². The molecule has 0 atom stereocenters. The summed E-state index contributed by atoms with van der Waals surface area (Å²) in [6, 6.07) is 5.40.